The van der Waals surface area contributed by atoms with Crippen LogP contribution >= 0.6 is 0 Å². The van der Waals surface area contributed by atoms with E-state index in [1.165, 1.54) is 35.5 Å². The van der Waals surface area contributed by atoms with Gasteiger partial charge in [0.15, 0.2) is 5.75 Å². The Morgan fingerprint density at radius 1 is 0.714 bits per heavy atom. The molecule has 1 aromatic heterocycles. The van der Waals surface area contributed by atoms with Gasteiger partial charge in [0, 0.05) is 26.2 Å². The fraction of sp³-hybridized carbons (Fsp3) is 0.208. The Morgan fingerprint density at radius 2 is 1.29 bits per heavy atom. The maximum Gasteiger partial charge on any atom is 0.328 e. The zero-order valence-electron chi connectivity index (χ0n) is 19.9. The number of methoxy groups -OCH3 is 3. The number of fused-ring (bicyclic) bond motifs is 1. The molecule has 0 fully saturated rings. The van der Waals surface area contributed by atoms with Gasteiger partial charge in [0.05, 0.1) is 38.1 Å². The number of hydrogen-bond acceptors (Lipinski definition) is 7. The highest BCUT2D eigenvalue weighted by Gasteiger charge is 2.24. The zero-order valence-corrected chi connectivity index (χ0v) is 20.7. The molecule has 0 spiro atoms. The molecule has 11 heteroatoms. The van der Waals surface area contributed by atoms with E-state index in [4.69, 9.17) is 18.9 Å². The van der Waals surface area contributed by atoms with E-state index >= 15 is 0 Å². The van der Waals surface area contributed by atoms with Crippen molar-refractivity contribution in [3.05, 3.63) is 65.1 Å². The second-order valence-corrected chi connectivity index (χ2v) is 9.29. The van der Waals surface area contributed by atoms with E-state index < -0.39 is 10.0 Å². The van der Waals surface area contributed by atoms with E-state index in [2.05, 4.69) is 4.72 Å². The van der Waals surface area contributed by atoms with Crippen LogP contribution in [0.3, 0.4) is 0 Å². The quantitative estimate of drug-likeness (QED) is 0.395. The van der Waals surface area contributed by atoms with Crippen LogP contribution in [0.1, 0.15) is 0 Å². The fourth-order valence-electron chi connectivity index (χ4n) is 3.65. The highest BCUT2D eigenvalue weighted by molar-refractivity contribution is 7.92. The molecule has 0 amide bonds. The van der Waals surface area contributed by atoms with Crippen LogP contribution in [0.5, 0.6) is 28.7 Å². The lowest BCUT2D eigenvalue weighted by Crippen LogP contribution is -2.19. The van der Waals surface area contributed by atoms with Crippen molar-refractivity contribution < 1.29 is 27.4 Å². The van der Waals surface area contributed by atoms with Crippen molar-refractivity contribution >= 4 is 26.7 Å². The first-order valence-corrected chi connectivity index (χ1v) is 11.9. The van der Waals surface area contributed by atoms with Crippen LogP contribution in [0.25, 0.3) is 11.0 Å². The van der Waals surface area contributed by atoms with E-state index in [1.54, 1.807) is 63.7 Å². The van der Waals surface area contributed by atoms with Crippen molar-refractivity contribution in [2.24, 2.45) is 14.1 Å². The molecule has 10 nitrogen and oxygen atoms in total. The van der Waals surface area contributed by atoms with Gasteiger partial charge in [-0.3, -0.25) is 13.9 Å². The second-order valence-electron chi connectivity index (χ2n) is 7.64. The highest BCUT2D eigenvalue weighted by atomic mass is 32.2. The second kappa shape index (κ2) is 9.26. The average molecular weight is 500 g/mol. The van der Waals surface area contributed by atoms with Gasteiger partial charge in [-0.2, -0.15) is 0 Å². The maximum absolute atomic E-state index is 13.4. The molecule has 0 aliphatic rings. The molecule has 4 rings (SSSR count). The third-order valence-corrected chi connectivity index (χ3v) is 6.95. The molecule has 1 N–H and O–H groups in total. The number of nitrogens with one attached hydrogen (secondary N) is 1. The minimum Gasteiger partial charge on any atom is -0.497 e. The lowest BCUT2D eigenvalue weighted by atomic mass is 10.2. The molecule has 0 aliphatic carbocycles. The average Bonchev–Trinajstić information content (AvgIpc) is 3.07. The SMILES string of the molecule is COc1ccc(Oc2cc3c(cc2NS(=O)(=O)c2cc(OC)ccc2OC)n(C)c(=O)n3C)cc1. The van der Waals surface area contributed by atoms with E-state index in [0.29, 0.717) is 28.3 Å². The third kappa shape index (κ3) is 4.50. The van der Waals surface area contributed by atoms with Crippen molar-refractivity contribution in [2.75, 3.05) is 26.1 Å². The molecule has 0 radical (unpaired) electrons. The summed E-state index contributed by atoms with van der Waals surface area (Å²) in [6, 6.07) is 14.5. The first-order chi connectivity index (χ1) is 16.7. The van der Waals surface area contributed by atoms with Crippen LogP contribution in [0.15, 0.2) is 64.3 Å². The fourth-order valence-corrected chi connectivity index (χ4v) is 4.90. The van der Waals surface area contributed by atoms with Crippen LogP contribution in [-0.4, -0.2) is 38.9 Å². The number of anilines is 1. The minimum atomic E-state index is -4.15. The molecule has 1 heterocycles. The van der Waals surface area contributed by atoms with Gasteiger partial charge < -0.3 is 18.9 Å². The van der Waals surface area contributed by atoms with Gasteiger partial charge in [-0.15, -0.1) is 0 Å². The Hall–Kier alpha value is -4.12. The van der Waals surface area contributed by atoms with Gasteiger partial charge in [-0.05, 0) is 42.5 Å². The van der Waals surface area contributed by atoms with E-state index in [1.807, 2.05) is 0 Å². The largest absolute Gasteiger partial charge is 0.497 e. The summed E-state index contributed by atoms with van der Waals surface area (Å²) in [5, 5.41) is 0. The summed E-state index contributed by atoms with van der Waals surface area (Å²) in [7, 11) is 3.47. The van der Waals surface area contributed by atoms with Crippen LogP contribution < -0.4 is 29.4 Å². The first kappa shape index (κ1) is 24.0. The number of hydrogen-bond donors (Lipinski definition) is 1. The van der Waals surface area contributed by atoms with E-state index in [9.17, 15) is 13.2 Å². The van der Waals surface area contributed by atoms with Gasteiger partial charge in [0.1, 0.15) is 27.9 Å². The Morgan fingerprint density at radius 3 is 1.89 bits per heavy atom. The Balaban J connectivity index is 1.85. The summed E-state index contributed by atoms with van der Waals surface area (Å²) >= 11 is 0. The number of aryl methyl sites for hydroxylation is 2. The number of aromatic nitrogens is 2. The maximum atomic E-state index is 13.4. The van der Waals surface area contributed by atoms with Crippen molar-refractivity contribution in [3.63, 3.8) is 0 Å². The number of nitrogens with zero attached hydrogens (tertiary/aromatic N) is 2. The highest BCUT2D eigenvalue weighted by Crippen LogP contribution is 2.37. The molecule has 0 bridgehead atoms. The van der Waals surface area contributed by atoms with Gasteiger partial charge in [-0.25, -0.2) is 13.2 Å². The predicted octanol–water partition coefficient (Wildman–Crippen LogP) is 3.50. The molecule has 0 saturated carbocycles. The summed E-state index contributed by atoms with van der Waals surface area (Å²) in [6.07, 6.45) is 0. The molecule has 4 aromatic rings. The smallest absolute Gasteiger partial charge is 0.328 e. The van der Waals surface area contributed by atoms with Gasteiger partial charge in [-0.1, -0.05) is 0 Å². The molecule has 0 atom stereocenters. The van der Waals surface area contributed by atoms with Crippen molar-refractivity contribution in [1.82, 2.24) is 9.13 Å². The molecule has 184 valence electrons. The van der Waals surface area contributed by atoms with Crippen LogP contribution in [0, 0.1) is 0 Å². The number of imidazole rings is 1. The molecule has 3 aromatic carbocycles. The van der Waals surface area contributed by atoms with Gasteiger partial charge in [0.25, 0.3) is 10.0 Å². The van der Waals surface area contributed by atoms with Crippen molar-refractivity contribution in [1.29, 1.82) is 0 Å². The van der Waals surface area contributed by atoms with Crippen LogP contribution in [0.2, 0.25) is 0 Å². The van der Waals surface area contributed by atoms with Gasteiger partial charge >= 0.3 is 5.69 Å². The molecular formula is C24H25N3O7S. The number of benzene rings is 3. The molecule has 0 unspecified atom stereocenters. The zero-order chi connectivity index (χ0) is 25.3. The summed E-state index contributed by atoms with van der Waals surface area (Å²) in [5.41, 5.74) is 0.974. The molecule has 35 heavy (non-hydrogen) atoms. The Kier molecular flexibility index (Phi) is 6.35. The third-order valence-electron chi connectivity index (χ3n) is 5.57. The summed E-state index contributed by atoms with van der Waals surface area (Å²) in [4.78, 5) is 12.4. The molecule has 0 aliphatic heterocycles. The van der Waals surface area contributed by atoms with E-state index in [0.717, 1.165) is 0 Å². The van der Waals surface area contributed by atoms with E-state index in [-0.39, 0.29) is 27.8 Å². The summed E-state index contributed by atoms with van der Waals surface area (Å²) in [5.74, 6) is 1.79. The standard InChI is InChI=1S/C24H25N3O7S/c1-26-19-13-18(25-35(29,30)23-12-17(32-4)10-11-21(23)33-5)22(14-20(19)27(2)24(26)28)34-16-8-6-15(31-3)7-9-16/h6-14,25H,1-5H3. The number of sulfonamides is 1. The number of ether oxygens (including phenoxy) is 4. The Bertz CT molecular complexity index is 1560. The summed E-state index contributed by atoms with van der Waals surface area (Å²) < 4.78 is 54.0. The van der Waals surface area contributed by atoms with Gasteiger partial charge in [0.2, 0.25) is 0 Å². The summed E-state index contributed by atoms with van der Waals surface area (Å²) in [6.45, 7) is 0. The van der Waals surface area contributed by atoms with Crippen LogP contribution in [0.4, 0.5) is 5.69 Å². The normalized spacial score (nSPS) is 11.3. The molecule has 0 saturated heterocycles. The Labute approximate surface area is 202 Å². The lowest BCUT2D eigenvalue weighted by molar-refractivity contribution is 0.392. The van der Waals surface area contributed by atoms with Crippen LogP contribution in [-0.2, 0) is 24.1 Å². The molecular weight excluding hydrogens is 474 g/mol. The monoisotopic (exact) mass is 499 g/mol. The number of rotatable bonds is 8. The predicted molar refractivity (Wildman–Crippen MR) is 132 cm³/mol. The first-order valence-electron chi connectivity index (χ1n) is 10.4. The van der Waals surface area contributed by atoms with Crippen molar-refractivity contribution in [3.8, 4) is 28.7 Å². The minimum absolute atomic E-state index is 0.114. The van der Waals surface area contributed by atoms with Crippen molar-refractivity contribution in [2.45, 2.75) is 4.90 Å². The topological polar surface area (TPSA) is 110 Å². The lowest BCUT2D eigenvalue weighted by Gasteiger charge is -2.16.